The molecule has 1 aliphatic heterocycles. The molecule has 160 valence electrons. The number of benzene rings is 1. The second-order valence-corrected chi connectivity index (χ2v) is 9.28. The highest BCUT2D eigenvalue weighted by Gasteiger charge is 2.36. The van der Waals surface area contributed by atoms with Gasteiger partial charge in [0.25, 0.3) is 0 Å². The van der Waals surface area contributed by atoms with Gasteiger partial charge in [0.2, 0.25) is 11.8 Å². The summed E-state index contributed by atoms with van der Waals surface area (Å²) in [5.41, 5.74) is 3.57. The Morgan fingerprint density at radius 3 is 2.70 bits per heavy atom. The maximum atomic E-state index is 13.5. The summed E-state index contributed by atoms with van der Waals surface area (Å²) in [7, 11) is 1.63. The Bertz CT molecular complexity index is 905. The highest BCUT2D eigenvalue weighted by Crippen LogP contribution is 2.39. The van der Waals surface area contributed by atoms with E-state index in [9.17, 15) is 9.59 Å². The van der Waals surface area contributed by atoms with E-state index in [4.69, 9.17) is 4.74 Å². The van der Waals surface area contributed by atoms with Crippen LogP contribution in [0.2, 0.25) is 0 Å². The van der Waals surface area contributed by atoms with Gasteiger partial charge < -0.3 is 14.5 Å². The fraction of sp³-hybridized carbons (Fsp3) is 0.500. The number of hydrogen-bond acceptors (Lipinski definition) is 4. The van der Waals surface area contributed by atoms with Crippen molar-refractivity contribution in [1.29, 1.82) is 0 Å². The minimum atomic E-state index is -0.0863. The first kappa shape index (κ1) is 21.1. The molecule has 0 saturated heterocycles. The first-order chi connectivity index (χ1) is 14.6. The highest BCUT2D eigenvalue weighted by molar-refractivity contribution is 7.10. The predicted octanol–water partition coefficient (Wildman–Crippen LogP) is 3.81. The number of carbonyl (C=O) groups excluding carboxylic acids is 2. The average Bonchev–Trinajstić information content (AvgIpc) is 3.18. The fourth-order valence-corrected chi connectivity index (χ4v) is 5.35. The summed E-state index contributed by atoms with van der Waals surface area (Å²) in [5.74, 6) is 0.197. The maximum absolute atomic E-state index is 13.5. The zero-order chi connectivity index (χ0) is 21.1. The van der Waals surface area contributed by atoms with E-state index in [1.54, 1.807) is 23.3 Å². The number of aryl methyl sites for hydroxylation is 1. The lowest BCUT2D eigenvalue weighted by Crippen LogP contribution is -2.49. The van der Waals surface area contributed by atoms with Crippen molar-refractivity contribution < 1.29 is 14.3 Å². The van der Waals surface area contributed by atoms with Crippen molar-refractivity contribution in [2.24, 2.45) is 5.92 Å². The monoisotopic (exact) mass is 426 g/mol. The molecule has 4 rings (SSSR count). The van der Waals surface area contributed by atoms with E-state index in [1.165, 1.54) is 21.6 Å². The van der Waals surface area contributed by atoms with E-state index in [1.807, 2.05) is 17.0 Å². The largest absolute Gasteiger partial charge is 0.383 e. The Labute approximate surface area is 182 Å². The summed E-state index contributed by atoms with van der Waals surface area (Å²) < 4.78 is 5.21. The Balaban J connectivity index is 1.59. The Morgan fingerprint density at radius 1 is 1.20 bits per heavy atom. The standard InChI is InChI=1S/C24H30N2O3S/c1-17-6-3-4-9-19(17)23-20-11-15-30-21(20)10-12-26(23)22(27)16-25(13-14-29-2)24(28)18-7-5-8-18/h3-4,6,9,11,15,18,23H,5,7-8,10,12-14,16H2,1-2H3. The minimum Gasteiger partial charge on any atom is -0.383 e. The first-order valence-electron chi connectivity index (χ1n) is 10.8. The quantitative estimate of drug-likeness (QED) is 0.677. The molecule has 0 N–H and O–H groups in total. The van der Waals surface area contributed by atoms with Gasteiger partial charge >= 0.3 is 0 Å². The van der Waals surface area contributed by atoms with Gasteiger partial charge in [0.1, 0.15) is 0 Å². The van der Waals surface area contributed by atoms with Gasteiger partial charge in [-0.3, -0.25) is 9.59 Å². The van der Waals surface area contributed by atoms with Crippen LogP contribution in [-0.2, 0) is 20.7 Å². The lowest BCUT2D eigenvalue weighted by atomic mass is 9.84. The number of fused-ring (bicyclic) bond motifs is 1. The summed E-state index contributed by atoms with van der Waals surface area (Å²) in [4.78, 5) is 31.5. The number of thiophene rings is 1. The second-order valence-electron chi connectivity index (χ2n) is 8.28. The molecule has 2 aromatic rings. The number of amides is 2. The number of methoxy groups -OCH3 is 1. The SMILES string of the molecule is COCCN(CC(=O)N1CCc2sccc2C1c1ccccc1C)C(=O)C1CCC1. The molecule has 2 heterocycles. The van der Waals surface area contributed by atoms with Crippen molar-refractivity contribution >= 4 is 23.2 Å². The van der Waals surface area contributed by atoms with Gasteiger partial charge in [0, 0.05) is 31.0 Å². The van der Waals surface area contributed by atoms with Gasteiger partial charge in [-0.2, -0.15) is 0 Å². The average molecular weight is 427 g/mol. The molecule has 1 unspecified atom stereocenters. The summed E-state index contributed by atoms with van der Waals surface area (Å²) in [6.45, 7) is 3.82. The maximum Gasteiger partial charge on any atom is 0.242 e. The van der Waals surface area contributed by atoms with Gasteiger partial charge in [-0.05, 0) is 54.3 Å². The van der Waals surface area contributed by atoms with Gasteiger partial charge in [-0.1, -0.05) is 30.7 Å². The zero-order valence-corrected chi connectivity index (χ0v) is 18.6. The van der Waals surface area contributed by atoms with E-state index in [-0.39, 0.29) is 30.3 Å². The van der Waals surface area contributed by atoms with Crippen LogP contribution in [-0.4, -0.2) is 55.0 Å². The van der Waals surface area contributed by atoms with Gasteiger partial charge in [-0.25, -0.2) is 0 Å². The molecule has 2 amide bonds. The fourth-order valence-electron chi connectivity index (χ4n) is 4.45. The summed E-state index contributed by atoms with van der Waals surface area (Å²) in [5, 5.41) is 2.12. The molecular formula is C24H30N2O3S. The second kappa shape index (κ2) is 9.31. The normalized spacial score (nSPS) is 18.6. The Hall–Kier alpha value is -2.18. The molecular weight excluding hydrogens is 396 g/mol. The lowest BCUT2D eigenvalue weighted by Gasteiger charge is -2.39. The molecule has 1 saturated carbocycles. The van der Waals surface area contributed by atoms with E-state index >= 15 is 0 Å². The smallest absolute Gasteiger partial charge is 0.242 e. The topological polar surface area (TPSA) is 49.9 Å². The Kier molecular flexibility index (Phi) is 6.54. The van der Waals surface area contributed by atoms with Crippen molar-refractivity contribution in [2.75, 3.05) is 33.4 Å². The van der Waals surface area contributed by atoms with Crippen LogP contribution in [0.15, 0.2) is 35.7 Å². The predicted molar refractivity (Wildman–Crippen MR) is 119 cm³/mol. The number of hydrogen-bond donors (Lipinski definition) is 0. The number of nitrogens with zero attached hydrogens (tertiary/aromatic N) is 2. The minimum absolute atomic E-state index is 0.0175. The third kappa shape index (κ3) is 4.16. The molecule has 6 heteroatoms. The Morgan fingerprint density at radius 2 is 2.00 bits per heavy atom. The molecule has 0 radical (unpaired) electrons. The number of carbonyl (C=O) groups is 2. The molecule has 1 aliphatic carbocycles. The summed E-state index contributed by atoms with van der Waals surface area (Å²) in [6.07, 6.45) is 3.84. The molecule has 2 aliphatic rings. The summed E-state index contributed by atoms with van der Waals surface area (Å²) in [6, 6.07) is 10.4. The number of ether oxygens (including phenoxy) is 1. The molecule has 5 nitrogen and oxygen atoms in total. The zero-order valence-electron chi connectivity index (χ0n) is 17.8. The van der Waals surface area contributed by atoms with E-state index < -0.39 is 0 Å². The molecule has 30 heavy (non-hydrogen) atoms. The van der Waals surface area contributed by atoms with Crippen LogP contribution < -0.4 is 0 Å². The molecule has 1 aromatic carbocycles. The first-order valence-corrected chi connectivity index (χ1v) is 11.7. The van der Waals surface area contributed by atoms with Crippen LogP contribution in [0.25, 0.3) is 0 Å². The van der Waals surface area contributed by atoms with Crippen LogP contribution in [0.1, 0.15) is 46.9 Å². The lowest BCUT2D eigenvalue weighted by molar-refractivity contribution is -0.146. The molecule has 0 spiro atoms. The van der Waals surface area contributed by atoms with Crippen molar-refractivity contribution in [1.82, 2.24) is 9.80 Å². The van der Waals surface area contributed by atoms with Gasteiger partial charge in [-0.15, -0.1) is 11.3 Å². The molecule has 0 bridgehead atoms. The molecule has 1 atom stereocenters. The van der Waals surface area contributed by atoms with Crippen molar-refractivity contribution in [3.63, 3.8) is 0 Å². The molecule has 1 fully saturated rings. The highest BCUT2D eigenvalue weighted by atomic mass is 32.1. The van der Waals surface area contributed by atoms with Crippen molar-refractivity contribution in [2.45, 2.75) is 38.6 Å². The number of rotatable bonds is 7. The van der Waals surface area contributed by atoms with E-state index in [2.05, 4.69) is 30.5 Å². The van der Waals surface area contributed by atoms with Crippen molar-refractivity contribution in [3.05, 3.63) is 57.3 Å². The van der Waals surface area contributed by atoms with Crippen LogP contribution >= 0.6 is 11.3 Å². The molecule has 1 aromatic heterocycles. The van der Waals surface area contributed by atoms with Gasteiger partial charge in [0.15, 0.2) is 0 Å². The van der Waals surface area contributed by atoms with Crippen LogP contribution in [0.3, 0.4) is 0 Å². The van der Waals surface area contributed by atoms with Crippen LogP contribution in [0.5, 0.6) is 0 Å². The van der Waals surface area contributed by atoms with E-state index in [0.717, 1.165) is 25.7 Å². The van der Waals surface area contributed by atoms with Crippen LogP contribution in [0, 0.1) is 12.8 Å². The summed E-state index contributed by atoms with van der Waals surface area (Å²) >= 11 is 1.77. The van der Waals surface area contributed by atoms with E-state index in [0.29, 0.717) is 19.7 Å². The van der Waals surface area contributed by atoms with Crippen LogP contribution in [0.4, 0.5) is 0 Å². The third-order valence-electron chi connectivity index (χ3n) is 6.43. The van der Waals surface area contributed by atoms with Gasteiger partial charge in [0.05, 0.1) is 19.2 Å². The van der Waals surface area contributed by atoms with Crippen molar-refractivity contribution in [3.8, 4) is 0 Å². The third-order valence-corrected chi connectivity index (χ3v) is 7.42.